The second-order valence-corrected chi connectivity index (χ2v) is 4.04. The summed E-state index contributed by atoms with van der Waals surface area (Å²) in [6, 6.07) is -0.0758. The van der Waals surface area contributed by atoms with Gasteiger partial charge in [-0.2, -0.15) is 0 Å². The summed E-state index contributed by atoms with van der Waals surface area (Å²) in [7, 11) is 0. The zero-order valence-corrected chi connectivity index (χ0v) is 10.3. The topological polar surface area (TPSA) is 49.3 Å². The van der Waals surface area contributed by atoms with Crippen molar-refractivity contribution >= 4 is 5.91 Å². The molecule has 0 aromatic rings. The maximum atomic E-state index is 11.8. The van der Waals surface area contributed by atoms with E-state index in [1.165, 1.54) is 0 Å². The van der Waals surface area contributed by atoms with Crippen LogP contribution in [-0.2, 0) is 4.79 Å². The van der Waals surface area contributed by atoms with Crippen molar-refractivity contribution in [3.63, 3.8) is 0 Å². The van der Waals surface area contributed by atoms with Gasteiger partial charge in [-0.1, -0.05) is 33.6 Å². The van der Waals surface area contributed by atoms with Gasteiger partial charge in [-0.3, -0.25) is 4.79 Å². The van der Waals surface area contributed by atoms with Crippen molar-refractivity contribution in [1.29, 1.82) is 0 Å². The van der Waals surface area contributed by atoms with E-state index in [-0.39, 0.29) is 24.5 Å². The van der Waals surface area contributed by atoms with Crippen molar-refractivity contribution in [2.24, 2.45) is 5.92 Å². The van der Waals surface area contributed by atoms with Gasteiger partial charge in [0.15, 0.2) is 0 Å². The van der Waals surface area contributed by atoms with Gasteiger partial charge in [0, 0.05) is 5.92 Å². The van der Waals surface area contributed by atoms with Crippen molar-refractivity contribution in [3.8, 4) is 0 Å². The molecule has 0 saturated carbocycles. The third-order valence-electron chi connectivity index (χ3n) is 2.83. The van der Waals surface area contributed by atoms with E-state index in [4.69, 9.17) is 5.11 Å². The average Bonchev–Trinajstić information content (AvgIpc) is 2.26. The number of rotatable bonds is 8. The minimum absolute atomic E-state index is 0.0342. The van der Waals surface area contributed by atoms with Crippen LogP contribution in [0.3, 0.4) is 0 Å². The molecule has 0 saturated heterocycles. The Kier molecular flexibility index (Phi) is 8.38. The number of unbranched alkanes of at least 4 members (excludes halogenated alkanes) is 1. The Morgan fingerprint density at radius 2 is 1.93 bits per heavy atom. The predicted molar refractivity (Wildman–Crippen MR) is 62.6 cm³/mol. The van der Waals surface area contributed by atoms with E-state index in [1.54, 1.807) is 0 Å². The molecule has 0 radical (unpaired) electrons. The minimum Gasteiger partial charge on any atom is -0.394 e. The van der Waals surface area contributed by atoms with Crippen LogP contribution in [0.2, 0.25) is 0 Å². The molecule has 0 heterocycles. The molecule has 0 aliphatic heterocycles. The number of amides is 1. The molecule has 0 aromatic carbocycles. The van der Waals surface area contributed by atoms with Crippen LogP contribution in [0.15, 0.2) is 0 Å². The molecular formula is C12H25NO2. The van der Waals surface area contributed by atoms with Crippen molar-refractivity contribution in [2.75, 3.05) is 6.61 Å². The van der Waals surface area contributed by atoms with Crippen molar-refractivity contribution in [2.45, 2.75) is 58.9 Å². The Bertz CT molecular complexity index is 167. The zero-order chi connectivity index (χ0) is 11.7. The lowest BCUT2D eigenvalue weighted by Crippen LogP contribution is -2.40. The maximum Gasteiger partial charge on any atom is 0.223 e. The highest BCUT2D eigenvalue weighted by atomic mass is 16.3. The summed E-state index contributed by atoms with van der Waals surface area (Å²) in [6.07, 6.45) is 4.85. The monoisotopic (exact) mass is 215 g/mol. The molecule has 3 heteroatoms. The second-order valence-electron chi connectivity index (χ2n) is 4.04. The number of nitrogens with one attached hydrogen (secondary N) is 1. The van der Waals surface area contributed by atoms with E-state index in [9.17, 15) is 4.79 Å². The third-order valence-corrected chi connectivity index (χ3v) is 2.83. The van der Waals surface area contributed by atoms with Crippen LogP contribution in [-0.4, -0.2) is 23.7 Å². The van der Waals surface area contributed by atoms with E-state index in [0.717, 1.165) is 32.1 Å². The first-order valence-electron chi connectivity index (χ1n) is 6.10. The minimum atomic E-state index is -0.0758. The van der Waals surface area contributed by atoms with E-state index in [2.05, 4.69) is 12.2 Å². The van der Waals surface area contributed by atoms with Crippen LogP contribution in [0.1, 0.15) is 52.9 Å². The summed E-state index contributed by atoms with van der Waals surface area (Å²) in [5.74, 6) is 0.220. The highest BCUT2D eigenvalue weighted by Crippen LogP contribution is 2.13. The molecule has 2 atom stereocenters. The van der Waals surface area contributed by atoms with E-state index in [1.807, 2.05) is 13.8 Å². The molecule has 2 unspecified atom stereocenters. The van der Waals surface area contributed by atoms with Crippen molar-refractivity contribution in [3.05, 3.63) is 0 Å². The lowest BCUT2D eigenvalue weighted by molar-refractivity contribution is -0.126. The Hall–Kier alpha value is -0.570. The molecule has 0 aliphatic carbocycles. The zero-order valence-electron chi connectivity index (χ0n) is 10.3. The van der Waals surface area contributed by atoms with Crippen LogP contribution in [0.5, 0.6) is 0 Å². The fourth-order valence-electron chi connectivity index (χ4n) is 1.57. The van der Waals surface area contributed by atoms with E-state index in [0.29, 0.717) is 0 Å². The second kappa shape index (κ2) is 8.72. The van der Waals surface area contributed by atoms with Crippen LogP contribution in [0.25, 0.3) is 0 Å². The largest absolute Gasteiger partial charge is 0.394 e. The summed E-state index contributed by atoms with van der Waals surface area (Å²) in [4.78, 5) is 11.8. The number of carbonyl (C=O) groups is 1. The van der Waals surface area contributed by atoms with Crippen LogP contribution in [0, 0.1) is 5.92 Å². The summed E-state index contributed by atoms with van der Waals surface area (Å²) >= 11 is 0. The highest BCUT2D eigenvalue weighted by molar-refractivity contribution is 5.78. The highest BCUT2D eigenvalue weighted by Gasteiger charge is 2.18. The number of hydrogen-bond donors (Lipinski definition) is 2. The molecule has 0 aromatic heterocycles. The van der Waals surface area contributed by atoms with Gasteiger partial charge in [0.25, 0.3) is 0 Å². The first-order chi connectivity index (χ1) is 7.19. The lowest BCUT2D eigenvalue weighted by Gasteiger charge is -2.19. The molecule has 2 N–H and O–H groups in total. The Morgan fingerprint density at radius 1 is 1.27 bits per heavy atom. The Balaban J connectivity index is 4.02. The van der Waals surface area contributed by atoms with Gasteiger partial charge >= 0.3 is 0 Å². The first-order valence-corrected chi connectivity index (χ1v) is 6.10. The number of aliphatic hydroxyl groups excluding tert-OH is 1. The third kappa shape index (κ3) is 5.78. The maximum absolute atomic E-state index is 11.8. The molecule has 0 spiro atoms. The Morgan fingerprint density at radius 3 is 2.33 bits per heavy atom. The molecule has 15 heavy (non-hydrogen) atoms. The number of carbonyl (C=O) groups excluding carboxylic acids is 1. The fourth-order valence-corrected chi connectivity index (χ4v) is 1.57. The molecule has 0 rings (SSSR count). The molecular weight excluding hydrogens is 190 g/mol. The molecule has 0 aliphatic rings. The molecule has 0 bridgehead atoms. The van der Waals surface area contributed by atoms with Gasteiger partial charge in [0.2, 0.25) is 5.91 Å². The SMILES string of the molecule is CCCCC(CC)C(=O)NC(CC)CO. The molecule has 0 fully saturated rings. The molecule has 90 valence electrons. The number of hydrogen-bond acceptors (Lipinski definition) is 2. The van der Waals surface area contributed by atoms with Gasteiger partial charge in [0.1, 0.15) is 0 Å². The lowest BCUT2D eigenvalue weighted by atomic mass is 9.98. The Labute approximate surface area is 93.3 Å². The van der Waals surface area contributed by atoms with E-state index >= 15 is 0 Å². The fraction of sp³-hybridized carbons (Fsp3) is 0.917. The van der Waals surface area contributed by atoms with Crippen molar-refractivity contribution < 1.29 is 9.90 Å². The smallest absolute Gasteiger partial charge is 0.223 e. The van der Waals surface area contributed by atoms with Crippen LogP contribution in [0.4, 0.5) is 0 Å². The molecule has 3 nitrogen and oxygen atoms in total. The van der Waals surface area contributed by atoms with Gasteiger partial charge in [-0.15, -0.1) is 0 Å². The first kappa shape index (κ1) is 14.4. The normalized spacial score (nSPS) is 14.7. The summed E-state index contributed by atoms with van der Waals surface area (Å²) in [5, 5.41) is 11.9. The van der Waals surface area contributed by atoms with Gasteiger partial charge in [-0.25, -0.2) is 0 Å². The molecule has 1 amide bonds. The quantitative estimate of drug-likeness (QED) is 0.651. The van der Waals surface area contributed by atoms with Crippen LogP contribution < -0.4 is 5.32 Å². The van der Waals surface area contributed by atoms with Gasteiger partial charge < -0.3 is 10.4 Å². The van der Waals surface area contributed by atoms with E-state index < -0.39 is 0 Å². The average molecular weight is 215 g/mol. The summed E-state index contributed by atoms with van der Waals surface area (Å²) < 4.78 is 0. The number of aliphatic hydroxyl groups is 1. The summed E-state index contributed by atoms with van der Waals surface area (Å²) in [5.41, 5.74) is 0. The summed E-state index contributed by atoms with van der Waals surface area (Å²) in [6.45, 7) is 6.17. The predicted octanol–water partition coefficient (Wildman–Crippen LogP) is 2.09. The van der Waals surface area contributed by atoms with Crippen molar-refractivity contribution in [1.82, 2.24) is 5.32 Å². The standard InChI is InChI=1S/C12H25NO2/c1-4-7-8-10(5-2)12(15)13-11(6-3)9-14/h10-11,14H,4-9H2,1-3H3,(H,13,15). The van der Waals surface area contributed by atoms with Gasteiger partial charge in [0.05, 0.1) is 12.6 Å². The van der Waals surface area contributed by atoms with Gasteiger partial charge in [-0.05, 0) is 19.3 Å². The van der Waals surface area contributed by atoms with Crippen LogP contribution >= 0.6 is 0 Å².